The van der Waals surface area contributed by atoms with Gasteiger partial charge in [-0.2, -0.15) is 0 Å². The van der Waals surface area contributed by atoms with Crippen LogP contribution in [0.15, 0.2) is 132 Å². The van der Waals surface area contributed by atoms with E-state index in [0.29, 0.717) is 0 Å². The van der Waals surface area contributed by atoms with Crippen molar-refractivity contribution < 1.29 is 0 Å². The van der Waals surface area contributed by atoms with Crippen molar-refractivity contribution in [3.8, 4) is 0 Å². The van der Waals surface area contributed by atoms with Crippen molar-refractivity contribution in [2.24, 2.45) is 0 Å². The second-order valence-corrected chi connectivity index (χ2v) is 10.6. The molecular formula is C32H27BrN4. The summed E-state index contributed by atoms with van der Waals surface area (Å²) in [6, 6.07) is 26.5. The second kappa shape index (κ2) is 9.16. The number of nitrogens with one attached hydrogen (secondary N) is 2. The van der Waals surface area contributed by atoms with E-state index in [-0.39, 0.29) is 18.1 Å². The van der Waals surface area contributed by atoms with Crippen molar-refractivity contribution in [3.05, 3.63) is 137 Å². The Kier molecular flexibility index (Phi) is 5.51. The fraction of sp³-hybridized carbons (Fsp3) is 0.125. The third kappa shape index (κ3) is 3.82. The molecule has 7 rings (SSSR count). The Morgan fingerprint density at radius 2 is 1.65 bits per heavy atom. The Labute approximate surface area is 226 Å². The maximum Gasteiger partial charge on any atom is 0.0763 e. The van der Waals surface area contributed by atoms with Crippen LogP contribution in [0.2, 0.25) is 0 Å². The molecule has 2 aliphatic carbocycles. The number of halogens is 1. The van der Waals surface area contributed by atoms with E-state index in [0.717, 1.165) is 16.6 Å². The van der Waals surface area contributed by atoms with Gasteiger partial charge in [0.25, 0.3) is 0 Å². The molecule has 0 radical (unpaired) electrons. The monoisotopic (exact) mass is 546 g/mol. The molecule has 0 spiro atoms. The predicted octanol–water partition coefficient (Wildman–Crippen LogP) is 7.50. The number of anilines is 4. The smallest absolute Gasteiger partial charge is 0.0763 e. The van der Waals surface area contributed by atoms with Gasteiger partial charge in [0.05, 0.1) is 29.5 Å². The highest BCUT2D eigenvalue weighted by Crippen LogP contribution is 2.49. The Bertz CT molecular complexity index is 1510. The van der Waals surface area contributed by atoms with E-state index in [1.54, 1.807) is 0 Å². The minimum atomic E-state index is 0.133. The molecule has 3 aromatic rings. The van der Waals surface area contributed by atoms with Crippen molar-refractivity contribution in [3.63, 3.8) is 0 Å². The molecule has 0 amide bonds. The van der Waals surface area contributed by atoms with Crippen LogP contribution < -0.4 is 20.4 Å². The van der Waals surface area contributed by atoms with E-state index < -0.39 is 0 Å². The molecule has 2 heterocycles. The van der Waals surface area contributed by atoms with Crippen molar-refractivity contribution in [1.29, 1.82) is 0 Å². The van der Waals surface area contributed by atoms with E-state index in [1.807, 2.05) is 12.4 Å². The van der Waals surface area contributed by atoms with Crippen LogP contribution in [-0.4, -0.2) is 18.1 Å². The van der Waals surface area contributed by atoms with Crippen LogP contribution in [-0.2, 0) is 0 Å². The van der Waals surface area contributed by atoms with Gasteiger partial charge >= 0.3 is 0 Å². The first-order chi connectivity index (χ1) is 18.3. The van der Waals surface area contributed by atoms with E-state index >= 15 is 0 Å². The molecule has 37 heavy (non-hydrogen) atoms. The molecule has 2 aliphatic heterocycles. The number of benzene rings is 3. The lowest BCUT2D eigenvalue weighted by atomic mass is 9.92. The lowest BCUT2D eigenvalue weighted by molar-refractivity contribution is 0.596. The summed E-state index contributed by atoms with van der Waals surface area (Å²) in [5, 5.41) is 7.07. The lowest BCUT2D eigenvalue weighted by Crippen LogP contribution is -2.47. The molecule has 3 aromatic carbocycles. The summed E-state index contributed by atoms with van der Waals surface area (Å²) in [4.78, 5) is 4.98. The van der Waals surface area contributed by atoms with Crippen LogP contribution in [0.5, 0.6) is 0 Å². The lowest BCUT2D eigenvalue weighted by Gasteiger charge is -2.40. The standard InChI is InChI=1S/C32H27BrN4/c33-22-8-7-9-23(20-22)36-29-13-4-1-10-25(29)26-21-24(16-17-30(26)36)37-31-14-5-2-11-27(31)34-18-19-35-28-12-3-6-15-32(28)37/h1-16,18-21,27,30-31,34-35H,17H2/b19-18+. The van der Waals surface area contributed by atoms with Crippen LogP contribution in [0.3, 0.4) is 0 Å². The molecule has 0 saturated carbocycles. The number of hydrogen-bond donors (Lipinski definition) is 2. The first-order valence-electron chi connectivity index (χ1n) is 12.7. The normalized spacial score (nSPS) is 24.1. The number of nitrogens with zero attached hydrogens (tertiary/aromatic N) is 2. The molecule has 5 heteroatoms. The maximum atomic E-state index is 3.68. The number of rotatable bonds is 2. The highest BCUT2D eigenvalue weighted by molar-refractivity contribution is 9.10. The van der Waals surface area contributed by atoms with Gasteiger partial charge in [-0.1, -0.05) is 82.7 Å². The third-order valence-electron chi connectivity index (χ3n) is 7.54. The number of para-hydroxylation sites is 3. The number of fused-ring (bicyclic) bond motifs is 5. The predicted molar refractivity (Wildman–Crippen MR) is 158 cm³/mol. The quantitative estimate of drug-likeness (QED) is 0.348. The molecule has 0 bridgehead atoms. The molecule has 4 nitrogen and oxygen atoms in total. The fourth-order valence-corrected chi connectivity index (χ4v) is 6.34. The van der Waals surface area contributed by atoms with Gasteiger partial charge in [0.2, 0.25) is 0 Å². The highest BCUT2D eigenvalue weighted by Gasteiger charge is 2.38. The van der Waals surface area contributed by atoms with Crippen LogP contribution >= 0.6 is 15.9 Å². The van der Waals surface area contributed by atoms with Gasteiger partial charge < -0.3 is 20.4 Å². The van der Waals surface area contributed by atoms with E-state index in [1.165, 1.54) is 33.9 Å². The topological polar surface area (TPSA) is 30.5 Å². The van der Waals surface area contributed by atoms with Gasteiger partial charge in [-0.3, -0.25) is 0 Å². The summed E-state index contributed by atoms with van der Waals surface area (Å²) in [6.07, 6.45) is 18.6. The van der Waals surface area contributed by atoms with Gasteiger partial charge in [-0.25, -0.2) is 0 Å². The zero-order valence-electron chi connectivity index (χ0n) is 20.3. The van der Waals surface area contributed by atoms with Gasteiger partial charge in [0, 0.05) is 39.5 Å². The van der Waals surface area contributed by atoms with Gasteiger partial charge in [0.15, 0.2) is 0 Å². The van der Waals surface area contributed by atoms with Crippen LogP contribution in [0.4, 0.5) is 22.7 Å². The number of hydrogen-bond acceptors (Lipinski definition) is 4. The molecular weight excluding hydrogens is 520 g/mol. The molecule has 182 valence electrons. The Morgan fingerprint density at radius 1 is 0.811 bits per heavy atom. The molecule has 0 saturated heterocycles. The minimum Gasteiger partial charge on any atom is -0.381 e. The molecule has 2 N–H and O–H groups in total. The Balaban J connectivity index is 1.36. The summed E-state index contributed by atoms with van der Waals surface area (Å²) < 4.78 is 1.09. The zero-order valence-corrected chi connectivity index (χ0v) is 21.8. The molecule has 0 aromatic heterocycles. The van der Waals surface area contributed by atoms with Crippen molar-refractivity contribution in [2.75, 3.05) is 15.1 Å². The summed E-state index contributed by atoms with van der Waals surface area (Å²) >= 11 is 3.68. The first-order valence-corrected chi connectivity index (χ1v) is 13.5. The minimum absolute atomic E-state index is 0.133. The van der Waals surface area contributed by atoms with Crippen LogP contribution in [0, 0.1) is 0 Å². The molecule has 4 aliphatic rings. The van der Waals surface area contributed by atoms with E-state index in [9.17, 15) is 0 Å². The Hall–Kier alpha value is -3.96. The van der Waals surface area contributed by atoms with Crippen LogP contribution in [0.25, 0.3) is 5.57 Å². The maximum absolute atomic E-state index is 3.68. The van der Waals surface area contributed by atoms with Gasteiger partial charge in [-0.05, 0) is 54.5 Å². The van der Waals surface area contributed by atoms with E-state index in [2.05, 4.69) is 146 Å². The average molecular weight is 548 g/mol. The zero-order chi connectivity index (χ0) is 24.8. The number of allylic oxidation sites excluding steroid dienone is 3. The molecule has 0 fully saturated rings. The third-order valence-corrected chi connectivity index (χ3v) is 8.04. The molecule has 3 unspecified atom stereocenters. The summed E-state index contributed by atoms with van der Waals surface area (Å²) in [7, 11) is 0. The fourth-order valence-electron chi connectivity index (χ4n) is 5.95. The van der Waals surface area contributed by atoms with Crippen molar-refractivity contribution in [2.45, 2.75) is 24.5 Å². The summed E-state index contributed by atoms with van der Waals surface area (Å²) in [5.74, 6) is 0. The Morgan fingerprint density at radius 3 is 2.57 bits per heavy atom. The van der Waals surface area contributed by atoms with E-state index in [4.69, 9.17) is 0 Å². The SMILES string of the molecule is Brc1cccc(N2c3ccccc3C3=CC(N4c5ccccc5N/C=C/NC5C=CC=CC54)=CCC32)c1. The van der Waals surface area contributed by atoms with Crippen molar-refractivity contribution >= 4 is 44.3 Å². The first kappa shape index (κ1) is 22.3. The summed E-state index contributed by atoms with van der Waals surface area (Å²) in [6.45, 7) is 0. The highest BCUT2D eigenvalue weighted by atomic mass is 79.9. The average Bonchev–Trinajstić information content (AvgIpc) is 3.29. The van der Waals surface area contributed by atoms with Crippen molar-refractivity contribution in [1.82, 2.24) is 5.32 Å². The summed E-state index contributed by atoms with van der Waals surface area (Å²) in [5.41, 5.74) is 8.64. The largest absolute Gasteiger partial charge is 0.381 e. The molecule has 3 atom stereocenters. The van der Waals surface area contributed by atoms with Gasteiger partial charge in [0.1, 0.15) is 0 Å². The second-order valence-electron chi connectivity index (χ2n) is 9.66. The van der Waals surface area contributed by atoms with Gasteiger partial charge in [-0.15, -0.1) is 0 Å². The van der Waals surface area contributed by atoms with Crippen LogP contribution in [0.1, 0.15) is 12.0 Å².